The van der Waals surface area contributed by atoms with Gasteiger partial charge in [0.05, 0.1) is 0 Å². The molecule has 2 atom stereocenters. The van der Waals surface area contributed by atoms with Gasteiger partial charge in [-0.25, -0.2) is 0 Å². The minimum Gasteiger partial charge on any atom is -0.327 e. The molecule has 1 aliphatic rings. The van der Waals surface area contributed by atoms with Gasteiger partial charge in [0, 0.05) is 23.3 Å². The summed E-state index contributed by atoms with van der Waals surface area (Å²) in [5, 5.41) is 3.53. The maximum absolute atomic E-state index is 6.00. The van der Waals surface area contributed by atoms with Gasteiger partial charge in [0.1, 0.15) is 0 Å². The molecule has 1 fully saturated rings. The molecule has 17 heavy (non-hydrogen) atoms. The van der Waals surface area contributed by atoms with Gasteiger partial charge < -0.3 is 5.73 Å². The van der Waals surface area contributed by atoms with Crippen molar-refractivity contribution in [3.63, 3.8) is 0 Å². The summed E-state index contributed by atoms with van der Waals surface area (Å²) >= 11 is 1.81. The predicted molar refractivity (Wildman–Crippen MR) is 74.4 cm³/mol. The van der Waals surface area contributed by atoms with Gasteiger partial charge in [-0.1, -0.05) is 6.07 Å². The van der Waals surface area contributed by atoms with E-state index in [1.165, 1.54) is 22.1 Å². The van der Waals surface area contributed by atoms with Crippen molar-refractivity contribution in [2.24, 2.45) is 5.73 Å². The van der Waals surface area contributed by atoms with Crippen molar-refractivity contribution in [2.75, 3.05) is 13.6 Å². The molecule has 2 N–H and O–H groups in total. The van der Waals surface area contributed by atoms with E-state index in [1.54, 1.807) is 0 Å². The molecule has 0 bridgehead atoms. The highest BCUT2D eigenvalue weighted by atomic mass is 32.1. The number of fused-ring (bicyclic) bond motifs is 1. The summed E-state index contributed by atoms with van der Waals surface area (Å²) in [6, 6.07) is 9.96. The summed E-state index contributed by atoms with van der Waals surface area (Å²) in [4.78, 5) is 2.39. The van der Waals surface area contributed by atoms with Gasteiger partial charge in [0.2, 0.25) is 0 Å². The van der Waals surface area contributed by atoms with E-state index in [1.807, 2.05) is 11.3 Å². The first kappa shape index (κ1) is 11.2. The fourth-order valence-corrected chi connectivity index (χ4v) is 3.57. The van der Waals surface area contributed by atoms with Gasteiger partial charge in [-0.15, -0.1) is 11.3 Å². The van der Waals surface area contributed by atoms with Gasteiger partial charge in [-0.05, 0) is 54.4 Å². The number of piperidine rings is 1. The average molecular weight is 246 g/mol. The maximum atomic E-state index is 6.00. The topological polar surface area (TPSA) is 29.3 Å². The third-order valence-corrected chi connectivity index (χ3v) is 4.62. The number of likely N-dealkylation sites (N-methyl/N-ethyl adjacent to an activating group) is 1. The molecule has 2 unspecified atom stereocenters. The summed E-state index contributed by atoms with van der Waals surface area (Å²) in [5.74, 6) is 0. The highest BCUT2D eigenvalue weighted by Gasteiger charge is 2.24. The van der Waals surface area contributed by atoms with E-state index in [2.05, 4.69) is 41.6 Å². The first-order valence-electron chi connectivity index (χ1n) is 6.17. The molecule has 0 spiro atoms. The van der Waals surface area contributed by atoms with Crippen molar-refractivity contribution in [3.05, 3.63) is 35.2 Å². The van der Waals surface area contributed by atoms with Crippen LogP contribution in [0.4, 0.5) is 0 Å². The molecule has 0 amide bonds. The second kappa shape index (κ2) is 4.41. The second-order valence-corrected chi connectivity index (χ2v) is 5.96. The van der Waals surface area contributed by atoms with Gasteiger partial charge in [0.25, 0.3) is 0 Å². The zero-order chi connectivity index (χ0) is 11.8. The fourth-order valence-electron chi connectivity index (χ4n) is 2.79. The predicted octanol–water partition coefficient (Wildman–Crippen LogP) is 3.00. The minimum atomic E-state index is 0.348. The lowest BCUT2D eigenvalue weighted by Crippen LogP contribution is -2.42. The van der Waals surface area contributed by atoms with Crippen LogP contribution in [0.3, 0.4) is 0 Å². The molecule has 3 rings (SSSR count). The van der Waals surface area contributed by atoms with Crippen LogP contribution in [-0.4, -0.2) is 24.5 Å². The largest absolute Gasteiger partial charge is 0.327 e. The van der Waals surface area contributed by atoms with Crippen LogP contribution in [-0.2, 0) is 0 Å². The number of rotatable bonds is 1. The third kappa shape index (κ3) is 2.10. The van der Waals surface area contributed by atoms with Crippen LogP contribution in [0.1, 0.15) is 24.4 Å². The molecular formula is C14H18N2S. The quantitative estimate of drug-likeness (QED) is 0.838. The van der Waals surface area contributed by atoms with E-state index in [0.717, 1.165) is 13.0 Å². The average Bonchev–Trinajstić information content (AvgIpc) is 2.75. The summed E-state index contributed by atoms with van der Waals surface area (Å²) in [5.41, 5.74) is 7.43. The molecule has 1 aromatic carbocycles. The summed E-state index contributed by atoms with van der Waals surface area (Å²) < 4.78 is 1.38. The summed E-state index contributed by atoms with van der Waals surface area (Å²) in [7, 11) is 2.18. The zero-order valence-corrected chi connectivity index (χ0v) is 10.9. The van der Waals surface area contributed by atoms with E-state index in [9.17, 15) is 0 Å². The van der Waals surface area contributed by atoms with Gasteiger partial charge in [-0.2, -0.15) is 0 Å². The first-order valence-corrected chi connectivity index (χ1v) is 7.05. The number of likely N-dealkylation sites (tertiary alicyclic amines) is 1. The molecular weight excluding hydrogens is 228 g/mol. The van der Waals surface area contributed by atoms with E-state index in [-0.39, 0.29) is 0 Å². The summed E-state index contributed by atoms with van der Waals surface area (Å²) in [6.07, 6.45) is 2.31. The lowest BCUT2D eigenvalue weighted by molar-refractivity contribution is 0.170. The molecule has 0 saturated carbocycles. The molecule has 1 saturated heterocycles. The number of thiophene rings is 1. The Morgan fingerprint density at radius 1 is 1.29 bits per heavy atom. The maximum Gasteiger partial charge on any atom is 0.0346 e. The van der Waals surface area contributed by atoms with Crippen LogP contribution >= 0.6 is 11.3 Å². The monoisotopic (exact) mass is 246 g/mol. The molecule has 0 aliphatic carbocycles. The Hall–Kier alpha value is -0.900. The standard InChI is InChI=1S/C14H18N2S/c1-16-9-12(15)3-4-13(16)10-2-5-14-11(8-10)6-7-17-14/h2,5-8,12-13H,3-4,9,15H2,1H3. The van der Waals surface area contributed by atoms with Crippen LogP contribution in [0.2, 0.25) is 0 Å². The van der Waals surface area contributed by atoms with Gasteiger partial charge >= 0.3 is 0 Å². The Labute approximate surface area is 106 Å². The van der Waals surface area contributed by atoms with Crippen LogP contribution in [0, 0.1) is 0 Å². The van der Waals surface area contributed by atoms with Gasteiger partial charge in [-0.3, -0.25) is 4.90 Å². The Bertz CT molecular complexity index is 520. The van der Waals surface area contributed by atoms with Crippen molar-refractivity contribution in [1.82, 2.24) is 4.90 Å². The highest BCUT2D eigenvalue weighted by molar-refractivity contribution is 7.17. The molecule has 0 radical (unpaired) electrons. The van der Waals surface area contributed by atoms with E-state index in [4.69, 9.17) is 5.73 Å². The number of nitrogens with zero attached hydrogens (tertiary/aromatic N) is 1. The van der Waals surface area contributed by atoms with Crippen molar-refractivity contribution in [3.8, 4) is 0 Å². The third-order valence-electron chi connectivity index (χ3n) is 3.73. The van der Waals surface area contributed by atoms with Crippen molar-refractivity contribution >= 4 is 21.4 Å². The molecule has 2 aromatic rings. The molecule has 1 aromatic heterocycles. The number of nitrogens with two attached hydrogens (primary N) is 1. The van der Waals surface area contributed by atoms with E-state index in [0.29, 0.717) is 12.1 Å². The molecule has 90 valence electrons. The fraction of sp³-hybridized carbons (Fsp3) is 0.429. The summed E-state index contributed by atoms with van der Waals surface area (Å²) in [6.45, 7) is 1.01. The molecule has 2 nitrogen and oxygen atoms in total. The van der Waals surface area contributed by atoms with Crippen LogP contribution in [0.5, 0.6) is 0 Å². The van der Waals surface area contributed by atoms with Crippen molar-refractivity contribution < 1.29 is 0 Å². The Kier molecular flexibility index (Phi) is 2.90. The highest BCUT2D eigenvalue weighted by Crippen LogP contribution is 2.32. The molecule has 1 aliphatic heterocycles. The second-order valence-electron chi connectivity index (χ2n) is 5.01. The zero-order valence-electron chi connectivity index (χ0n) is 10.1. The Morgan fingerprint density at radius 3 is 3.00 bits per heavy atom. The van der Waals surface area contributed by atoms with Crippen LogP contribution in [0.25, 0.3) is 10.1 Å². The van der Waals surface area contributed by atoms with Crippen molar-refractivity contribution in [1.29, 1.82) is 0 Å². The van der Waals surface area contributed by atoms with Gasteiger partial charge in [0.15, 0.2) is 0 Å². The molecule has 2 heterocycles. The lowest BCUT2D eigenvalue weighted by atomic mass is 9.93. The molecule has 3 heteroatoms. The smallest absolute Gasteiger partial charge is 0.0346 e. The van der Waals surface area contributed by atoms with Crippen molar-refractivity contribution in [2.45, 2.75) is 24.9 Å². The SMILES string of the molecule is CN1CC(N)CCC1c1ccc2sccc2c1. The minimum absolute atomic E-state index is 0.348. The Balaban J connectivity index is 1.92. The van der Waals surface area contributed by atoms with Crippen LogP contribution < -0.4 is 5.73 Å². The normalized spacial score (nSPS) is 26.5. The van der Waals surface area contributed by atoms with Crippen LogP contribution in [0.15, 0.2) is 29.6 Å². The van der Waals surface area contributed by atoms with E-state index < -0.39 is 0 Å². The van der Waals surface area contributed by atoms with E-state index >= 15 is 0 Å². The number of benzene rings is 1. The first-order chi connectivity index (χ1) is 8.24. The number of hydrogen-bond acceptors (Lipinski definition) is 3. The number of hydrogen-bond donors (Lipinski definition) is 1. The lowest BCUT2D eigenvalue weighted by Gasteiger charge is -2.36. The Morgan fingerprint density at radius 2 is 2.18 bits per heavy atom.